The zero-order chi connectivity index (χ0) is 22.1. The molecule has 3 aromatic rings. The number of aliphatic hydroxyl groups excluding tert-OH is 2. The van der Waals surface area contributed by atoms with E-state index in [0.29, 0.717) is 22.3 Å². The molecule has 1 aromatic heterocycles. The molecule has 160 valence electrons. The summed E-state index contributed by atoms with van der Waals surface area (Å²) in [6.07, 6.45) is -1.19. The topological polar surface area (TPSA) is 58.3 Å². The molecule has 0 aliphatic heterocycles. The SMILES string of the molecule is CC.Cc1cc(-c2cnn(C(CO)CO)c2)c2c(c1)[C@@H](C(F)(F)F)c1ccccc1-2. The molecule has 0 radical (unpaired) electrons. The summed E-state index contributed by atoms with van der Waals surface area (Å²) in [5.41, 5.74) is 3.67. The Kier molecular flexibility index (Phi) is 6.33. The number of aliphatic hydroxyl groups is 2. The van der Waals surface area contributed by atoms with Crippen molar-refractivity contribution >= 4 is 0 Å². The number of aryl methyl sites for hydroxylation is 1. The highest BCUT2D eigenvalue weighted by atomic mass is 19.4. The Morgan fingerprint density at radius 1 is 1.03 bits per heavy atom. The molecule has 0 saturated carbocycles. The fraction of sp³-hybridized carbons (Fsp3) is 0.348. The number of aromatic nitrogens is 2. The van der Waals surface area contributed by atoms with E-state index in [-0.39, 0.29) is 24.3 Å². The molecule has 1 atom stereocenters. The van der Waals surface area contributed by atoms with Crippen LogP contribution in [0.2, 0.25) is 0 Å². The van der Waals surface area contributed by atoms with Crippen molar-refractivity contribution in [2.24, 2.45) is 0 Å². The van der Waals surface area contributed by atoms with Gasteiger partial charge in [0.1, 0.15) is 5.92 Å². The number of hydrogen-bond donors (Lipinski definition) is 2. The fourth-order valence-electron chi connectivity index (χ4n) is 3.97. The predicted octanol–water partition coefficient (Wildman–Crippen LogP) is 5.09. The number of alkyl halides is 3. The second kappa shape index (κ2) is 8.62. The zero-order valence-corrected chi connectivity index (χ0v) is 17.1. The van der Waals surface area contributed by atoms with E-state index in [1.54, 1.807) is 43.6 Å². The van der Waals surface area contributed by atoms with Gasteiger partial charge in [-0.15, -0.1) is 0 Å². The van der Waals surface area contributed by atoms with Crippen LogP contribution in [0, 0.1) is 6.92 Å². The van der Waals surface area contributed by atoms with Gasteiger partial charge in [-0.2, -0.15) is 18.3 Å². The normalized spacial score (nSPS) is 14.9. The van der Waals surface area contributed by atoms with Gasteiger partial charge in [0.05, 0.1) is 25.5 Å². The van der Waals surface area contributed by atoms with Gasteiger partial charge in [0.25, 0.3) is 0 Å². The standard InChI is InChI=1S/C21H19F3N2O2.C2H6/c1-12-6-17(13-8-25-26(9-13)14(10-27)11-28)19-15-4-2-3-5-16(15)20(18(19)7-12)21(22,23)24;1-2/h2-9,14,20,27-28H,10-11H2,1H3;1-2H3/t20-;/m0./s1. The van der Waals surface area contributed by atoms with Crippen molar-refractivity contribution in [3.05, 3.63) is 65.5 Å². The Labute approximate surface area is 173 Å². The summed E-state index contributed by atoms with van der Waals surface area (Å²) in [6, 6.07) is 9.47. The lowest BCUT2D eigenvalue weighted by Gasteiger charge is -2.18. The molecule has 4 rings (SSSR count). The summed E-state index contributed by atoms with van der Waals surface area (Å²) < 4.78 is 43.2. The van der Waals surface area contributed by atoms with Crippen molar-refractivity contribution in [2.45, 2.75) is 38.9 Å². The highest BCUT2D eigenvalue weighted by molar-refractivity contribution is 5.91. The number of nitrogens with zero attached hydrogens (tertiary/aromatic N) is 2. The quantitative estimate of drug-likeness (QED) is 0.621. The largest absolute Gasteiger partial charge is 0.399 e. The highest BCUT2D eigenvalue weighted by Gasteiger charge is 2.48. The Hall–Kier alpha value is -2.64. The third kappa shape index (κ3) is 3.75. The van der Waals surface area contributed by atoms with Crippen LogP contribution in [0.5, 0.6) is 0 Å². The molecular weight excluding hydrogens is 393 g/mol. The summed E-state index contributed by atoms with van der Waals surface area (Å²) >= 11 is 0. The van der Waals surface area contributed by atoms with E-state index in [0.717, 1.165) is 5.56 Å². The van der Waals surface area contributed by atoms with Crippen molar-refractivity contribution in [1.82, 2.24) is 9.78 Å². The lowest BCUT2D eigenvalue weighted by Crippen LogP contribution is -2.20. The molecule has 0 spiro atoms. The van der Waals surface area contributed by atoms with Crippen LogP contribution >= 0.6 is 0 Å². The summed E-state index contributed by atoms with van der Waals surface area (Å²) in [4.78, 5) is 0. The molecule has 0 unspecified atom stereocenters. The Balaban J connectivity index is 0.00000124. The van der Waals surface area contributed by atoms with Gasteiger partial charge < -0.3 is 10.2 Å². The van der Waals surface area contributed by atoms with E-state index in [1.807, 2.05) is 19.9 Å². The van der Waals surface area contributed by atoms with Crippen molar-refractivity contribution in [3.8, 4) is 22.3 Å². The fourth-order valence-corrected chi connectivity index (χ4v) is 3.97. The molecule has 0 fully saturated rings. The van der Waals surface area contributed by atoms with Crippen LogP contribution in [-0.2, 0) is 0 Å². The molecule has 30 heavy (non-hydrogen) atoms. The molecule has 0 bridgehead atoms. The first-order chi connectivity index (χ1) is 14.3. The number of rotatable bonds is 4. The molecule has 1 heterocycles. The first-order valence-corrected chi connectivity index (χ1v) is 9.92. The van der Waals surface area contributed by atoms with Crippen molar-refractivity contribution < 1.29 is 23.4 Å². The van der Waals surface area contributed by atoms with Crippen molar-refractivity contribution in [1.29, 1.82) is 0 Å². The van der Waals surface area contributed by atoms with E-state index in [4.69, 9.17) is 0 Å². The highest BCUT2D eigenvalue weighted by Crippen LogP contribution is 2.54. The summed E-state index contributed by atoms with van der Waals surface area (Å²) in [6.45, 7) is 5.19. The summed E-state index contributed by atoms with van der Waals surface area (Å²) in [5, 5.41) is 22.9. The van der Waals surface area contributed by atoms with E-state index >= 15 is 0 Å². The molecule has 2 aromatic carbocycles. The number of halogens is 3. The van der Waals surface area contributed by atoms with E-state index in [1.165, 1.54) is 10.7 Å². The van der Waals surface area contributed by atoms with Crippen LogP contribution in [0.4, 0.5) is 13.2 Å². The minimum atomic E-state index is -4.39. The molecule has 1 aliphatic rings. The van der Waals surface area contributed by atoms with Gasteiger partial charge in [0, 0.05) is 11.8 Å². The Morgan fingerprint density at radius 3 is 2.33 bits per heavy atom. The minimum Gasteiger partial charge on any atom is -0.394 e. The molecule has 7 heteroatoms. The minimum absolute atomic E-state index is 0.248. The second-order valence-electron chi connectivity index (χ2n) is 7.07. The average Bonchev–Trinajstić information content (AvgIpc) is 3.32. The van der Waals surface area contributed by atoms with E-state index < -0.39 is 18.1 Å². The van der Waals surface area contributed by atoms with Gasteiger partial charge in [-0.3, -0.25) is 4.68 Å². The lowest BCUT2D eigenvalue weighted by atomic mass is 9.91. The van der Waals surface area contributed by atoms with Gasteiger partial charge in [-0.25, -0.2) is 0 Å². The maximum absolute atomic E-state index is 13.9. The third-order valence-corrected chi connectivity index (χ3v) is 5.20. The van der Waals surface area contributed by atoms with Crippen LogP contribution in [0.15, 0.2) is 48.8 Å². The maximum atomic E-state index is 13.9. The molecule has 0 saturated heterocycles. The molecule has 1 aliphatic carbocycles. The lowest BCUT2D eigenvalue weighted by molar-refractivity contribution is -0.140. The Bertz CT molecular complexity index is 1020. The van der Waals surface area contributed by atoms with Gasteiger partial charge in [-0.05, 0) is 34.7 Å². The molecule has 2 N–H and O–H groups in total. The predicted molar refractivity (Wildman–Crippen MR) is 110 cm³/mol. The molecule has 4 nitrogen and oxygen atoms in total. The zero-order valence-electron chi connectivity index (χ0n) is 17.1. The van der Waals surface area contributed by atoms with Crippen LogP contribution in [0.1, 0.15) is 42.5 Å². The molecular formula is C23H25F3N2O2. The van der Waals surface area contributed by atoms with Crippen LogP contribution in [0.25, 0.3) is 22.3 Å². The van der Waals surface area contributed by atoms with Crippen molar-refractivity contribution in [3.63, 3.8) is 0 Å². The van der Waals surface area contributed by atoms with Crippen LogP contribution < -0.4 is 0 Å². The summed E-state index contributed by atoms with van der Waals surface area (Å²) in [7, 11) is 0. The number of hydrogen-bond acceptors (Lipinski definition) is 3. The number of benzene rings is 2. The summed E-state index contributed by atoms with van der Waals surface area (Å²) in [5.74, 6) is -1.66. The van der Waals surface area contributed by atoms with Crippen molar-refractivity contribution in [2.75, 3.05) is 13.2 Å². The second-order valence-corrected chi connectivity index (χ2v) is 7.07. The number of fused-ring (bicyclic) bond motifs is 3. The van der Waals surface area contributed by atoms with Gasteiger partial charge in [-0.1, -0.05) is 55.8 Å². The van der Waals surface area contributed by atoms with Gasteiger partial charge in [0.15, 0.2) is 0 Å². The average molecular weight is 418 g/mol. The van der Waals surface area contributed by atoms with E-state index in [2.05, 4.69) is 5.10 Å². The van der Waals surface area contributed by atoms with Crippen LogP contribution in [-0.4, -0.2) is 39.4 Å². The smallest absolute Gasteiger partial charge is 0.394 e. The van der Waals surface area contributed by atoms with E-state index in [9.17, 15) is 23.4 Å². The van der Waals surface area contributed by atoms with Gasteiger partial charge in [0.2, 0.25) is 0 Å². The maximum Gasteiger partial charge on any atom is 0.399 e. The Morgan fingerprint density at radius 2 is 1.70 bits per heavy atom. The van der Waals surface area contributed by atoms with Gasteiger partial charge >= 0.3 is 6.18 Å². The first kappa shape index (κ1) is 22.1. The monoisotopic (exact) mass is 418 g/mol. The first-order valence-electron chi connectivity index (χ1n) is 9.92. The van der Waals surface area contributed by atoms with Crippen LogP contribution in [0.3, 0.4) is 0 Å². The molecule has 0 amide bonds. The third-order valence-electron chi connectivity index (χ3n) is 5.20.